The lowest BCUT2D eigenvalue weighted by Gasteiger charge is -2.21. The van der Waals surface area contributed by atoms with Gasteiger partial charge in [0, 0.05) is 47.3 Å². The Morgan fingerprint density at radius 3 is 2.67 bits per heavy atom. The van der Waals surface area contributed by atoms with Gasteiger partial charge in [-0.05, 0) is 32.4 Å². The molecule has 0 atom stereocenters. The molecule has 0 radical (unpaired) electrons. The number of aromatic nitrogens is 4. The zero-order chi connectivity index (χ0) is 17.1. The summed E-state index contributed by atoms with van der Waals surface area (Å²) in [5.41, 5.74) is 3.02. The third-order valence-electron chi connectivity index (χ3n) is 3.94. The van der Waals surface area contributed by atoms with Crippen molar-refractivity contribution in [1.82, 2.24) is 19.9 Å². The van der Waals surface area contributed by atoms with E-state index in [-0.39, 0.29) is 0 Å². The van der Waals surface area contributed by atoms with E-state index in [2.05, 4.69) is 40.7 Å². The molecule has 0 aliphatic rings. The molecule has 3 aromatic rings. The monoisotopic (exact) mass is 339 g/mol. The molecule has 0 N–H and O–H groups in total. The van der Waals surface area contributed by atoms with Gasteiger partial charge in [0.15, 0.2) is 5.82 Å². The molecule has 124 valence electrons. The van der Waals surface area contributed by atoms with Gasteiger partial charge < -0.3 is 4.90 Å². The van der Waals surface area contributed by atoms with E-state index in [1.165, 1.54) is 9.88 Å². The van der Waals surface area contributed by atoms with E-state index in [1.54, 1.807) is 23.7 Å². The molecule has 0 spiro atoms. The summed E-state index contributed by atoms with van der Waals surface area (Å²) in [7, 11) is 2.06. The zero-order valence-corrected chi connectivity index (χ0v) is 15.3. The minimum Gasteiger partial charge on any atom is -0.354 e. The minimum atomic E-state index is 0.714. The van der Waals surface area contributed by atoms with Crippen molar-refractivity contribution in [1.29, 1.82) is 0 Å². The molecule has 6 heteroatoms. The second-order valence-corrected chi connectivity index (χ2v) is 6.95. The van der Waals surface area contributed by atoms with Gasteiger partial charge in [-0.3, -0.25) is 4.98 Å². The molecule has 0 aromatic carbocycles. The number of aryl methyl sites for hydroxylation is 2. The quantitative estimate of drug-likeness (QED) is 0.707. The first-order valence-corrected chi connectivity index (χ1v) is 8.80. The Kier molecular flexibility index (Phi) is 4.85. The molecule has 0 aliphatic carbocycles. The summed E-state index contributed by atoms with van der Waals surface area (Å²) >= 11 is 1.76. The number of nitrogens with zero attached hydrogens (tertiary/aromatic N) is 5. The molecule has 3 rings (SSSR count). The van der Waals surface area contributed by atoms with E-state index in [1.807, 2.05) is 25.3 Å². The first kappa shape index (κ1) is 16.5. The second kappa shape index (κ2) is 7.05. The highest BCUT2D eigenvalue weighted by molar-refractivity contribution is 7.11. The van der Waals surface area contributed by atoms with Gasteiger partial charge in [-0.1, -0.05) is 6.92 Å². The third kappa shape index (κ3) is 3.43. The molecule has 3 heterocycles. The summed E-state index contributed by atoms with van der Waals surface area (Å²) in [5.74, 6) is 1.67. The fraction of sp³-hybridized carbons (Fsp3) is 0.333. The van der Waals surface area contributed by atoms with Crippen molar-refractivity contribution in [3.05, 3.63) is 51.9 Å². The Bertz CT molecular complexity index is 829. The SMILES string of the molecule is CCc1ncc(CN(C)c2nc(-c3cccnc3)nc(C)c2C)s1. The van der Waals surface area contributed by atoms with Gasteiger partial charge in [-0.2, -0.15) is 0 Å². The van der Waals surface area contributed by atoms with Crippen LogP contribution in [-0.2, 0) is 13.0 Å². The van der Waals surface area contributed by atoms with Crippen molar-refractivity contribution in [2.75, 3.05) is 11.9 Å². The predicted octanol–water partition coefficient (Wildman–Crippen LogP) is 3.81. The highest BCUT2D eigenvalue weighted by Crippen LogP contribution is 2.25. The van der Waals surface area contributed by atoms with Crippen LogP contribution in [0.3, 0.4) is 0 Å². The molecule has 5 nitrogen and oxygen atoms in total. The van der Waals surface area contributed by atoms with E-state index >= 15 is 0 Å². The number of rotatable bonds is 5. The van der Waals surface area contributed by atoms with Gasteiger partial charge in [-0.25, -0.2) is 15.0 Å². The van der Waals surface area contributed by atoms with Crippen LogP contribution in [0.15, 0.2) is 30.7 Å². The Morgan fingerprint density at radius 2 is 2.00 bits per heavy atom. The largest absolute Gasteiger partial charge is 0.354 e. The lowest BCUT2D eigenvalue weighted by Crippen LogP contribution is -2.19. The van der Waals surface area contributed by atoms with Crippen LogP contribution in [0.4, 0.5) is 5.82 Å². The Hall–Kier alpha value is -2.34. The second-order valence-electron chi connectivity index (χ2n) is 5.75. The fourth-order valence-electron chi connectivity index (χ4n) is 2.50. The van der Waals surface area contributed by atoms with E-state index < -0.39 is 0 Å². The molecule has 0 bridgehead atoms. The number of pyridine rings is 1. The number of thiazole rings is 1. The van der Waals surface area contributed by atoms with Gasteiger partial charge in [0.05, 0.1) is 11.6 Å². The van der Waals surface area contributed by atoms with Crippen molar-refractivity contribution < 1.29 is 0 Å². The van der Waals surface area contributed by atoms with E-state index in [9.17, 15) is 0 Å². The normalized spacial score (nSPS) is 10.8. The summed E-state index contributed by atoms with van der Waals surface area (Å²) < 4.78 is 0. The first-order chi connectivity index (χ1) is 11.6. The van der Waals surface area contributed by atoms with Crippen LogP contribution in [0.2, 0.25) is 0 Å². The average molecular weight is 339 g/mol. The summed E-state index contributed by atoms with van der Waals surface area (Å²) in [6.45, 7) is 7.01. The van der Waals surface area contributed by atoms with Gasteiger partial charge in [0.2, 0.25) is 0 Å². The molecule has 0 saturated carbocycles. The standard InChI is InChI=1S/C18H21N5S/c1-5-16-20-10-15(24-16)11-23(4)18-12(2)13(3)21-17(22-18)14-7-6-8-19-9-14/h6-10H,5,11H2,1-4H3. The number of hydrogen-bond donors (Lipinski definition) is 0. The molecule has 3 aromatic heterocycles. The molecule has 0 fully saturated rings. The predicted molar refractivity (Wildman–Crippen MR) is 98.3 cm³/mol. The van der Waals surface area contributed by atoms with Crippen LogP contribution in [0, 0.1) is 13.8 Å². The molecular formula is C18H21N5S. The summed E-state index contributed by atoms with van der Waals surface area (Å²) in [5, 5.41) is 1.17. The lowest BCUT2D eigenvalue weighted by atomic mass is 10.2. The van der Waals surface area contributed by atoms with Crippen molar-refractivity contribution in [3.8, 4) is 11.4 Å². The van der Waals surface area contributed by atoms with Crippen molar-refractivity contribution in [2.45, 2.75) is 33.7 Å². The molecule has 0 unspecified atom stereocenters. The Balaban J connectivity index is 1.92. The minimum absolute atomic E-state index is 0.714. The van der Waals surface area contributed by atoms with Gasteiger partial charge >= 0.3 is 0 Å². The van der Waals surface area contributed by atoms with Crippen LogP contribution in [-0.4, -0.2) is 27.0 Å². The first-order valence-electron chi connectivity index (χ1n) is 7.98. The lowest BCUT2D eigenvalue weighted by molar-refractivity contribution is 0.887. The van der Waals surface area contributed by atoms with Crippen molar-refractivity contribution in [2.24, 2.45) is 0 Å². The van der Waals surface area contributed by atoms with Gasteiger partial charge in [0.25, 0.3) is 0 Å². The van der Waals surface area contributed by atoms with E-state index in [0.717, 1.165) is 35.6 Å². The summed E-state index contributed by atoms with van der Waals surface area (Å²) in [6.07, 6.45) is 6.49. The molecular weight excluding hydrogens is 318 g/mol. The van der Waals surface area contributed by atoms with Gasteiger partial charge in [-0.15, -0.1) is 11.3 Å². The van der Waals surface area contributed by atoms with Crippen molar-refractivity contribution in [3.63, 3.8) is 0 Å². The van der Waals surface area contributed by atoms with Crippen LogP contribution in [0.1, 0.15) is 28.1 Å². The van der Waals surface area contributed by atoms with E-state index in [4.69, 9.17) is 4.98 Å². The highest BCUT2D eigenvalue weighted by Gasteiger charge is 2.14. The van der Waals surface area contributed by atoms with Crippen LogP contribution in [0.5, 0.6) is 0 Å². The van der Waals surface area contributed by atoms with Crippen LogP contribution >= 0.6 is 11.3 Å². The topological polar surface area (TPSA) is 54.8 Å². The number of hydrogen-bond acceptors (Lipinski definition) is 6. The smallest absolute Gasteiger partial charge is 0.163 e. The molecule has 0 saturated heterocycles. The zero-order valence-electron chi connectivity index (χ0n) is 14.4. The maximum atomic E-state index is 4.79. The Labute approximate surface area is 146 Å². The fourth-order valence-corrected chi connectivity index (χ4v) is 3.42. The van der Waals surface area contributed by atoms with Crippen LogP contribution < -0.4 is 4.90 Å². The summed E-state index contributed by atoms with van der Waals surface area (Å²) in [6, 6.07) is 3.89. The maximum Gasteiger partial charge on any atom is 0.163 e. The molecule has 0 amide bonds. The molecule has 0 aliphatic heterocycles. The van der Waals surface area contributed by atoms with E-state index in [0.29, 0.717) is 5.82 Å². The molecule has 24 heavy (non-hydrogen) atoms. The summed E-state index contributed by atoms with van der Waals surface area (Å²) in [4.78, 5) is 21.4. The number of anilines is 1. The third-order valence-corrected chi connectivity index (χ3v) is 5.07. The van der Waals surface area contributed by atoms with Gasteiger partial charge in [0.1, 0.15) is 5.82 Å². The average Bonchev–Trinajstić information content (AvgIpc) is 3.05. The Morgan fingerprint density at radius 1 is 1.17 bits per heavy atom. The van der Waals surface area contributed by atoms with Crippen molar-refractivity contribution >= 4 is 17.2 Å². The van der Waals surface area contributed by atoms with Crippen LogP contribution in [0.25, 0.3) is 11.4 Å². The maximum absolute atomic E-state index is 4.79. The highest BCUT2D eigenvalue weighted by atomic mass is 32.1.